The van der Waals surface area contributed by atoms with Crippen LogP contribution < -0.4 is 15.2 Å². The lowest BCUT2D eigenvalue weighted by atomic mass is 10.1. The molecule has 2 aromatic heterocycles. The van der Waals surface area contributed by atoms with Gasteiger partial charge in [-0.2, -0.15) is 0 Å². The first-order valence-corrected chi connectivity index (χ1v) is 13.5. The third kappa shape index (κ3) is 5.08. The van der Waals surface area contributed by atoms with Gasteiger partial charge in [-0.15, -0.1) is 11.3 Å². The van der Waals surface area contributed by atoms with Crippen LogP contribution in [0.1, 0.15) is 13.8 Å². The van der Waals surface area contributed by atoms with Crippen LogP contribution in [0.2, 0.25) is 0 Å². The standard InChI is InChI=1S/C29H26BrN3O2S/c1-4-33(5-2)23-14-11-20-15-25(29-32-26(18-36-29)19-9-12-21(30)13-10-19)28(35-27(20)17-23)31-22-7-6-8-24(16-22)34-3/h6-18H,4-5H2,1-3H3. The summed E-state index contributed by atoms with van der Waals surface area (Å²) < 4.78 is 12.9. The molecule has 0 aliphatic rings. The Kier molecular flexibility index (Phi) is 7.20. The molecule has 0 N–H and O–H groups in total. The number of thiazole rings is 1. The number of methoxy groups -OCH3 is 1. The summed E-state index contributed by atoms with van der Waals surface area (Å²) in [6, 6.07) is 24.3. The largest absolute Gasteiger partial charge is 0.497 e. The number of rotatable bonds is 7. The summed E-state index contributed by atoms with van der Waals surface area (Å²) in [6.45, 7) is 6.17. The van der Waals surface area contributed by atoms with Crippen LogP contribution in [0.25, 0.3) is 32.8 Å². The second-order valence-corrected chi connectivity index (χ2v) is 9.99. The van der Waals surface area contributed by atoms with E-state index in [9.17, 15) is 0 Å². The van der Waals surface area contributed by atoms with Gasteiger partial charge in [0.2, 0.25) is 5.55 Å². The number of benzene rings is 3. The van der Waals surface area contributed by atoms with Gasteiger partial charge in [0.05, 0.1) is 24.1 Å². The quantitative estimate of drug-likeness (QED) is 0.202. The Morgan fingerprint density at radius 2 is 1.81 bits per heavy atom. The highest BCUT2D eigenvalue weighted by atomic mass is 79.9. The van der Waals surface area contributed by atoms with Crippen molar-refractivity contribution in [3.63, 3.8) is 0 Å². The fourth-order valence-corrected chi connectivity index (χ4v) is 5.18. The summed E-state index contributed by atoms with van der Waals surface area (Å²) in [5.41, 5.74) is 6.03. The molecule has 0 saturated carbocycles. The van der Waals surface area contributed by atoms with Gasteiger partial charge in [0.15, 0.2) is 0 Å². The molecule has 0 aliphatic heterocycles. The molecule has 0 aliphatic carbocycles. The van der Waals surface area contributed by atoms with Crippen molar-refractivity contribution in [3.8, 4) is 27.6 Å². The first kappa shape index (κ1) is 24.3. The van der Waals surface area contributed by atoms with E-state index >= 15 is 0 Å². The topological polar surface area (TPSA) is 50.9 Å². The first-order valence-electron chi connectivity index (χ1n) is 11.8. The lowest BCUT2D eigenvalue weighted by Gasteiger charge is -2.21. The number of nitrogens with zero attached hydrogens (tertiary/aromatic N) is 3. The summed E-state index contributed by atoms with van der Waals surface area (Å²) in [5.74, 6) is 0.745. The maximum absolute atomic E-state index is 6.46. The minimum Gasteiger partial charge on any atom is -0.497 e. The molecule has 0 radical (unpaired) electrons. The van der Waals surface area contributed by atoms with Crippen LogP contribution in [0, 0.1) is 0 Å². The number of ether oxygens (including phenoxy) is 1. The smallest absolute Gasteiger partial charge is 0.230 e. The molecular formula is C29H26BrN3O2S. The Labute approximate surface area is 222 Å². The maximum Gasteiger partial charge on any atom is 0.230 e. The average molecular weight is 561 g/mol. The number of halogens is 1. The second-order valence-electron chi connectivity index (χ2n) is 8.22. The highest BCUT2D eigenvalue weighted by Crippen LogP contribution is 2.31. The summed E-state index contributed by atoms with van der Waals surface area (Å²) in [7, 11) is 1.65. The molecular weight excluding hydrogens is 534 g/mol. The van der Waals surface area contributed by atoms with Crippen molar-refractivity contribution in [3.05, 3.63) is 88.2 Å². The molecule has 0 saturated heterocycles. The number of anilines is 1. The predicted molar refractivity (Wildman–Crippen MR) is 152 cm³/mol. The van der Waals surface area contributed by atoms with E-state index in [0.29, 0.717) is 5.55 Å². The Morgan fingerprint density at radius 1 is 1.00 bits per heavy atom. The van der Waals surface area contributed by atoms with E-state index in [-0.39, 0.29) is 0 Å². The van der Waals surface area contributed by atoms with Crippen molar-refractivity contribution < 1.29 is 9.15 Å². The van der Waals surface area contributed by atoms with Crippen molar-refractivity contribution in [2.24, 2.45) is 4.99 Å². The van der Waals surface area contributed by atoms with Gasteiger partial charge in [-0.1, -0.05) is 34.1 Å². The van der Waals surface area contributed by atoms with Gasteiger partial charge >= 0.3 is 0 Å². The van der Waals surface area contributed by atoms with Crippen molar-refractivity contribution >= 4 is 49.6 Å². The van der Waals surface area contributed by atoms with E-state index in [1.54, 1.807) is 18.4 Å². The van der Waals surface area contributed by atoms with Crippen LogP contribution in [0.3, 0.4) is 0 Å². The van der Waals surface area contributed by atoms with Crippen molar-refractivity contribution in [1.82, 2.24) is 4.98 Å². The zero-order chi connectivity index (χ0) is 25.1. The van der Waals surface area contributed by atoms with E-state index in [1.165, 1.54) is 0 Å². The van der Waals surface area contributed by atoms with Crippen molar-refractivity contribution in [2.45, 2.75) is 13.8 Å². The van der Waals surface area contributed by atoms with Gasteiger partial charge in [-0.3, -0.25) is 0 Å². The fourth-order valence-electron chi connectivity index (χ4n) is 4.08. The first-order chi connectivity index (χ1) is 17.6. The third-order valence-corrected chi connectivity index (χ3v) is 7.43. The van der Waals surface area contributed by atoms with Gasteiger partial charge < -0.3 is 14.1 Å². The normalized spacial score (nSPS) is 11.7. The number of aromatic nitrogens is 1. The molecule has 0 fully saturated rings. The summed E-state index contributed by atoms with van der Waals surface area (Å²) in [5, 5.41) is 3.93. The fraction of sp³-hybridized carbons (Fsp3) is 0.172. The molecule has 5 aromatic rings. The Bertz CT molecular complexity index is 1570. The molecule has 182 valence electrons. The van der Waals surface area contributed by atoms with E-state index in [4.69, 9.17) is 19.1 Å². The van der Waals surface area contributed by atoms with Crippen molar-refractivity contribution in [1.29, 1.82) is 0 Å². The molecule has 5 nitrogen and oxygen atoms in total. The highest BCUT2D eigenvalue weighted by Gasteiger charge is 2.14. The number of hydrogen-bond acceptors (Lipinski definition) is 6. The van der Waals surface area contributed by atoms with E-state index in [1.807, 2.05) is 36.4 Å². The zero-order valence-corrected chi connectivity index (χ0v) is 22.8. The molecule has 0 unspecified atom stereocenters. The van der Waals surface area contributed by atoms with E-state index in [2.05, 4.69) is 76.5 Å². The minimum atomic E-state index is 0.518. The van der Waals surface area contributed by atoms with Gasteiger partial charge in [0, 0.05) is 51.7 Å². The molecule has 5 rings (SSSR count). The van der Waals surface area contributed by atoms with Gasteiger partial charge in [0.25, 0.3) is 0 Å². The van der Waals surface area contributed by atoms with Crippen LogP contribution in [-0.2, 0) is 0 Å². The molecule has 2 heterocycles. The SMILES string of the molecule is CCN(CC)c1ccc2cc(-c3nc(-c4ccc(Br)cc4)cs3)c(=Nc3cccc(OC)c3)oc2c1. The Balaban J connectivity index is 1.68. The van der Waals surface area contributed by atoms with Crippen LogP contribution in [-0.4, -0.2) is 25.2 Å². The third-order valence-electron chi connectivity index (χ3n) is 6.02. The summed E-state index contributed by atoms with van der Waals surface area (Å²) in [4.78, 5) is 12.1. The number of hydrogen-bond donors (Lipinski definition) is 0. The molecule has 3 aromatic carbocycles. The monoisotopic (exact) mass is 559 g/mol. The van der Waals surface area contributed by atoms with Gasteiger partial charge in [0.1, 0.15) is 16.3 Å². The van der Waals surface area contributed by atoms with Crippen LogP contribution in [0.15, 0.2) is 92.1 Å². The highest BCUT2D eigenvalue weighted by molar-refractivity contribution is 9.10. The Morgan fingerprint density at radius 3 is 2.56 bits per heavy atom. The number of fused-ring (bicyclic) bond motifs is 1. The predicted octanol–water partition coefficient (Wildman–Crippen LogP) is 8.07. The molecule has 7 heteroatoms. The Hall–Kier alpha value is -3.42. The van der Waals surface area contributed by atoms with Gasteiger partial charge in [-0.25, -0.2) is 9.98 Å². The lowest BCUT2D eigenvalue weighted by molar-refractivity contribution is 0.415. The molecule has 0 atom stereocenters. The van der Waals surface area contributed by atoms with E-state index in [0.717, 1.165) is 67.5 Å². The van der Waals surface area contributed by atoms with E-state index < -0.39 is 0 Å². The lowest BCUT2D eigenvalue weighted by Crippen LogP contribution is -2.21. The second kappa shape index (κ2) is 10.7. The average Bonchev–Trinajstić information content (AvgIpc) is 3.39. The summed E-state index contributed by atoms with van der Waals surface area (Å²) in [6.07, 6.45) is 0. The molecule has 0 spiro atoms. The zero-order valence-electron chi connectivity index (χ0n) is 20.4. The summed E-state index contributed by atoms with van der Waals surface area (Å²) >= 11 is 5.08. The van der Waals surface area contributed by atoms with Crippen molar-refractivity contribution in [2.75, 3.05) is 25.1 Å². The molecule has 0 bridgehead atoms. The molecule has 36 heavy (non-hydrogen) atoms. The van der Waals surface area contributed by atoms with Crippen LogP contribution in [0.4, 0.5) is 11.4 Å². The minimum absolute atomic E-state index is 0.518. The van der Waals surface area contributed by atoms with Crippen LogP contribution >= 0.6 is 27.3 Å². The van der Waals surface area contributed by atoms with Crippen LogP contribution in [0.5, 0.6) is 5.75 Å². The molecule has 0 amide bonds. The van der Waals surface area contributed by atoms with Gasteiger partial charge in [-0.05, 0) is 56.3 Å². The maximum atomic E-state index is 6.46.